The summed E-state index contributed by atoms with van der Waals surface area (Å²) in [6.45, 7) is 8.45. The van der Waals surface area contributed by atoms with Crippen LogP contribution in [0, 0.1) is 23.2 Å². The highest BCUT2D eigenvalue weighted by Gasteiger charge is 2.42. The number of carboxylic acids is 1. The molecule has 0 aliphatic heterocycles. The average Bonchev–Trinajstić information content (AvgIpc) is 2.00. The minimum Gasteiger partial charge on any atom is -0.481 e. The van der Waals surface area contributed by atoms with Crippen molar-refractivity contribution in [3.8, 4) is 0 Å². The van der Waals surface area contributed by atoms with Gasteiger partial charge in [-0.1, -0.05) is 20.8 Å². The molecule has 0 saturated heterocycles. The summed E-state index contributed by atoms with van der Waals surface area (Å²) in [5.41, 5.74) is -0.481. The Bertz CT molecular complexity index is 198. The van der Waals surface area contributed by atoms with Crippen LogP contribution in [0.3, 0.4) is 0 Å². The molecule has 0 amide bonds. The summed E-state index contributed by atoms with van der Waals surface area (Å²) in [7, 11) is 0. The van der Waals surface area contributed by atoms with E-state index in [-0.39, 0.29) is 0 Å². The summed E-state index contributed by atoms with van der Waals surface area (Å²) < 4.78 is 0. The van der Waals surface area contributed by atoms with E-state index in [9.17, 15) is 4.79 Å². The second kappa shape index (κ2) is 3.32. The molecule has 2 atom stereocenters. The molecule has 2 heteroatoms. The van der Waals surface area contributed by atoms with Crippen LogP contribution < -0.4 is 0 Å². The van der Waals surface area contributed by atoms with Gasteiger partial charge in [-0.05, 0) is 37.5 Å². The van der Waals surface area contributed by atoms with E-state index in [1.165, 1.54) is 0 Å². The summed E-state index contributed by atoms with van der Waals surface area (Å²) in [5.74, 6) is 1.10. The minimum absolute atomic E-state index is 0.481. The van der Waals surface area contributed by atoms with Gasteiger partial charge in [-0.25, -0.2) is 0 Å². The van der Waals surface area contributed by atoms with Crippen LogP contribution in [-0.2, 0) is 4.79 Å². The smallest absolute Gasteiger partial charge is 0.309 e. The molecule has 0 spiro atoms. The summed E-state index contributed by atoms with van der Waals surface area (Å²) in [4.78, 5) is 11.1. The number of hydrogen-bond donors (Lipinski definition) is 1. The highest BCUT2D eigenvalue weighted by atomic mass is 16.4. The Morgan fingerprint density at radius 2 is 1.62 bits per heavy atom. The molecule has 0 bridgehead atoms. The quantitative estimate of drug-likeness (QED) is 0.680. The molecule has 2 nitrogen and oxygen atoms in total. The standard InChI is InChI=1S/C11H20O2/c1-7-5-11(4,10(12)13)6-8(2)9(7)3/h7-9H,5-6H2,1-4H3,(H,12,13). The van der Waals surface area contributed by atoms with E-state index >= 15 is 0 Å². The third-order valence-electron chi connectivity index (χ3n) is 3.86. The van der Waals surface area contributed by atoms with E-state index in [4.69, 9.17) is 5.11 Å². The minimum atomic E-state index is -0.627. The number of aliphatic carboxylic acids is 1. The largest absolute Gasteiger partial charge is 0.481 e. The van der Waals surface area contributed by atoms with Gasteiger partial charge in [0.05, 0.1) is 5.41 Å². The predicted molar refractivity (Wildman–Crippen MR) is 52.5 cm³/mol. The molecule has 1 saturated carbocycles. The first-order valence-corrected chi connectivity index (χ1v) is 5.10. The molecule has 1 aliphatic carbocycles. The van der Waals surface area contributed by atoms with E-state index in [0.29, 0.717) is 17.8 Å². The van der Waals surface area contributed by atoms with Crippen LogP contribution in [0.25, 0.3) is 0 Å². The predicted octanol–water partition coefficient (Wildman–Crippen LogP) is 2.78. The summed E-state index contributed by atoms with van der Waals surface area (Å²) >= 11 is 0. The van der Waals surface area contributed by atoms with Gasteiger partial charge < -0.3 is 5.11 Å². The second-order valence-electron chi connectivity index (χ2n) is 5.09. The zero-order valence-corrected chi connectivity index (χ0v) is 9.00. The zero-order valence-electron chi connectivity index (χ0n) is 9.00. The van der Waals surface area contributed by atoms with Crippen molar-refractivity contribution >= 4 is 5.97 Å². The van der Waals surface area contributed by atoms with Gasteiger partial charge in [-0.15, -0.1) is 0 Å². The molecular formula is C11H20O2. The second-order valence-corrected chi connectivity index (χ2v) is 5.09. The highest BCUT2D eigenvalue weighted by Crippen LogP contribution is 2.45. The lowest BCUT2D eigenvalue weighted by molar-refractivity contribution is -0.153. The molecule has 1 aliphatic rings. The van der Waals surface area contributed by atoms with E-state index in [2.05, 4.69) is 20.8 Å². The maximum Gasteiger partial charge on any atom is 0.309 e. The maximum absolute atomic E-state index is 11.1. The molecule has 1 fully saturated rings. The maximum atomic E-state index is 11.1. The van der Waals surface area contributed by atoms with Crippen molar-refractivity contribution < 1.29 is 9.90 Å². The highest BCUT2D eigenvalue weighted by molar-refractivity contribution is 5.74. The van der Waals surface area contributed by atoms with Gasteiger partial charge in [0.15, 0.2) is 0 Å². The van der Waals surface area contributed by atoms with Gasteiger partial charge in [0.25, 0.3) is 0 Å². The Balaban J connectivity index is 2.79. The third-order valence-corrected chi connectivity index (χ3v) is 3.86. The topological polar surface area (TPSA) is 37.3 Å². The van der Waals surface area contributed by atoms with E-state index in [1.54, 1.807) is 0 Å². The van der Waals surface area contributed by atoms with Crippen LogP contribution in [0.15, 0.2) is 0 Å². The van der Waals surface area contributed by atoms with Crippen molar-refractivity contribution in [3.63, 3.8) is 0 Å². The van der Waals surface area contributed by atoms with Crippen molar-refractivity contribution in [2.24, 2.45) is 23.2 Å². The molecule has 1 rings (SSSR count). The Morgan fingerprint density at radius 1 is 1.23 bits per heavy atom. The first-order chi connectivity index (χ1) is 5.87. The first-order valence-electron chi connectivity index (χ1n) is 5.10. The molecule has 76 valence electrons. The zero-order chi connectivity index (χ0) is 10.2. The molecule has 0 aromatic rings. The molecule has 2 unspecified atom stereocenters. The Labute approximate surface area is 80.3 Å². The van der Waals surface area contributed by atoms with Crippen molar-refractivity contribution in [1.29, 1.82) is 0 Å². The molecular weight excluding hydrogens is 164 g/mol. The molecule has 1 N–H and O–H groups in total. The number of carboxylic acid groups (broad SMARTS) is 1. The number of hydrogen-bond acceptors (Lipinski definition) is 1. The monoisotopic (exact) mass is 184 g/mol. The molecule has 0 aromatic heterocycles. The summed E-state index contributed by atoms with van der Waals surface area (Å²) in [6.07, 6.45) is 1.65. The number of carbonyl (C=O) groups is 1. The SMILES string of the molecule is CC1CC(C)(C(=O)O)CC(C)C1C. The van der Waals surface area contributed by atoms with Crippen LogP contribution in [0.4, 0.5) is 0 Å². The summed E-state index contributed by atoms with van der Waals surface area (Å²) in [5, 5.41) is 9.12. The van der Waals surface area contributed by atoms with Crippen molar-refractivity contribution in [3.05, 3.63) is 0 Å². The molecule has 0 heterocycles. The normalized spacial score (nSPS) is 46.0. The average molecular weight is 184 g/mol. The van der Waals surface area contributed by atoms with Crippen molar-refractivity contribution in [2.75, 3.05) is 0 Å². The number of rotatable bonds is 1. The van der Waals surface area contributed by atoms with Crippen molar-refractivity contribution in [2.45, 2.75) is 40.5 Å². The lowest BCUT2D eigenvalue weighted by Gasteiger charge is -2.41. The van der Waals surface area contributed by atoms with Crippen LogP contribution in [0.1, 0.15) is 40.5 Å². The lowest BCUT2D eigenvalue weighted by Crippen LogP contribution is -2.39. The van der Waals surface area contributed by atoms with Crippen LogP contribution in [0.2, 0.25) is 0 Å². The van der Waals surface area contributed by atoms with Gasteiger partial charge in [0, 0.05) is 0 Å². The third kappa shape index (κ3) is 1.87. The van der Waals surface area contributed by atoms with E-state index < -0.39 is 11.4 Å². The summed E-state index contributed by atoms with van der Waals surface area (Å²) in [6, 6.07) is 0. The van der Waals surface area contributed by atoms with E-state index in [0.717, 1.165) is 12.8 Å². The fraction of sp³-hybridized carbons (Fsp3) is 0.909. The Hall–Kier alpha value is -0.530. The van der Waals surface area contributed by atoms with Crippen molar-refractivity contribution in [1.82, 2.24) is 0 Å². The molecule has 0 radical (unpaired) electrons. The Kier molecular flexibility index (Phi) is 2.69. The van der Waals surface area contributed by atoms with Gasteiger partial charge in [0.2, 0.25) is 0 Å². The van der Waals surface area contributed by atoms with Gasteiger partial charge >= 0.3 is 5.97 Å². The Morgan fingerprint density at radius 3 is 1.92 bits per heavy atom. The van der Waals surface area contributed by atoms with Gasteiger partial charge in [-0.2, -0.15) is 0 Å². The van der Waals surface area contributed by atoms with E-state index in [1.807, 2.05) is 6.92 Å². The molecule has 0 aromatic carbocycles. The first kappa shape index (κ1) is 10.6. The lowest BCUT2D eigenvalue weighted by atomic mass is 9.63. The van der Waals surface area contributed by atoms with Crippen LogP contribution in [0.5, 0.6) is 0 Å². The fourth-order valence-corrected chi connectivity index (χ4v) is 2.61. The van der Waals surface area contributed by atoms with Gasteiger partial charge in [-0.3, -0.25) is 4.79 Å². The van der Waals surface area contributed by atoms with Gasteiger partial charge in [0.1, 0.15) is 0 Å². The molecule has 13 heavy (non-hydrogen) atoms. The van der Waals surface area contributed by atoms with Crippen LogP contribution in [-0.4, -0.2) is 11.1 Å². The fourth-order valence-electron chi connectivity index (χ4n) is 2.61. The van der Waals surface area contributed by atoms with Crippen LogP contribution >= 0.6 is 0 Å².